The minimum absolute atomic E-state index is 0.0235. The minimum atomic E-state index is -5.61. The topological polar surface area (TPSA) is 421 Å². The van der Waals surface area contributed by atoms with E-state index in [1.165, 1.54) is 13.8 Å². The zero-order valence-electron chi connectivity index (χ0n) is 42.9. The lowest BCUT2D eigenvalue weighted by molar-refractivity contribution is -0.201. The molecule has 76 heavy (non-hydrogen) atoms. The smallest absolute Gasteiger partial charge is 0.393 e. The van der Waals surface area contributed by atoms with Crippen molar-refractivity contribution in [2.45, 2.75) is 142 Å². The Bertz CT molecular complexity index is 2610. The first-order chi connectivity index (χ1) is 35.4. The van der Waals surface area contributed by atoms with Gasteiger partial charge in [0.1, 0.15) is 42.0 Å². The number of nitrogens with one attached hydrogen (secondary N) is 2. The molecule has 0 radical (unpaired) electrons. The lowest BCUT2D eigenvalue weighted by atomic mass is 9.43. The average Bonchev–Trinajstić information content (AvgIpc) is 4.03. The van der Waals surface area contributed by atoms with Crippen molar-refractivity contribution in [1.29, 1.82) is 0 Å². The molecule has 27 nitrogen and oxygen atoms in total. The summed E-state index contributed by atoms with van der Waals surface area (Å²) < 4.78 is 62.7. The van der Waals surface area contributed by atoms with Gasteiger partial charge in [0.2, 0.25) is 11.8 Å². The molecule has 2 unspecified atom stereocenters. The number of phosphoric acid groups is 3. The SMILES string of the molecule is C[C@H](CCC(=O)SCCNC(=O)CCNC(=O)[C@H](O)C(C)(C)COP(=O)(O)OP(=O)(O)OC[C@H]1O[C@@H](n2cnc3c(N)ncnc32)[C@H](O)[C@@H]1OP(=O)(O)O)[C@H]1CC[C@H]2[C@@H]3[C@H](O)C[C@@H]4CC(=O)CC[C@]4(C)[C@H]3C[C@H](O)[C@]12C. The number of nitrogens with zero attached hydrogens (tertiary/aromatic N) is 4. The Kier molecular flexibility index (Phi) is 19.0. The van der Waals surface area contributed by atoms with E-state index in [1.807, 2.05) is 0 Å². The molecule has 5 aliphatic rings. The molecule has 17 atom stereocenters. The number of rotatable bonds is 23. The molecule has 2 aromatic heterocycles. The molecule has 4 aliphatic carbocycles. The van der Waals surface area contributed by atoms with Gasteiger partial charge >= 0.3 is 23.5 Å². The van der Waals surface area contributed by atoms with E-state index in [2.05, 4.69) is 55.2 Å². The number of fused-ring (bicyclic) bond motifs is 6. The summed E-state index contributed by atoms with van der Waals surface area (Å²) in [5.74, 6) is -0.0657. The molecule has 3 heterocycles. The van der Waals surface area contributed by atoms with Crippen molar-refractivity contribution < 1.29 is 95.5 Å². The molecule has 2 amide bonds. The number of hydrogen-bond donors (Lipinski definition) is 11. The van der Waals surface area contributed by atoms with Gasteiger partial charge in [-0.05, 0) is 84.9 Å². The number of carbonyl (C=O) groups is 4. The fraction of sp³-hybridized carbons (Fsp3) is 0.800. The first-order valence-electron chi connectivity index (χ1n) is 25.3. The molecule has 0 bridgehead atoms. The zero-order chi connectivity index (χ0) is 55.9. The number of hydrogen-bond acceptors (Lipinski definition) is 21. The molecule has 0 aromatic carbocycles. The van der Waals surface area contributed by atoms with Gasteiger partial charge in [0.05, 0.1) is 31.7 Å². The van der Waals surface area contributed by atoms with Crippen LogP contribution in [0.25, 0.3) is 11.2 Å². The number of Topliss-reactive ketones (excluding diaryl/α,β-unsaturated/α-hetero) is 1. The summed E-state index contributed by atoms with van der Waals surface area (Å²) in [6.45, 7) is 6.97. The van der Waals surface area contributed by atoms with E-state index in [4.69, 9.17) is 19.5 Å². The second-order valence-electron chi connectivity index (χ2n) is 22.1. The third-order valence-electron chi connectivity index (χ3n) is 16.9. The molecule has 2 aromatic rings. The van der Waals surface area contributed by atoms with Gasteiger partial charge in [-0.3, -0.25) is 37.3 Å². The maximum Gasteiger partial charge on any atom is 0.481 e. The van der Waals surface area contributed by atoms with Crippen molar-refractivity contribution in [2.75, 3.05) is 37.8 Å². The summed E-state index contributed by atoms with van der Waals surface area (Å²) in [5, 5.41) is 50.1. The zero-order valence-corrected chi connectivity index (χ0v) is 46.4. The van der Waals surface area contributed by atoms with Crippen molar-refractivity contribution in [2.24, 2.45) is 51.8 Å². The number of amides is 2. The van der Waals surface area contributed by atoms with E-state index < -0.39 is 102 Å². The van der Waals surface area contributed by atoms with Crippen LogP contribution in [0.1, 0.15) is 105 Å². The van der Waals surface area contributed by atoms with Gasteiger partial charge in [-0.1, -0.05) is 46.4 Å². The van der Waals surface area contributed by atoms with Gasteiger partial charge in [-0.2, -0.15) is 4.31 Å². The number of ketones is 1. The maximum absolute atomic E-state index is 13.0. The first kappa shape index (κ1) is 60.8. The van der Waals surface area contributed by atoms with Crippen molar-refractivity contribution in [3.63, 3.8) is 0 Å². The third-order valence-corrected chi connectivity index (χ3v) is 21.0. The molecule has 31 heteroatoms. The predicted molar refractivity (Wildman–Crippen MR) is 268 cm³/mol. The molecule has 12 N–H and O–H groups in total. The Labute approximate surface area is 443 Å². The Morgan fingerprint density at radius 2 is 1.70 bits per heavy atom. The van der Waals surface area contributed by atoms with E-state index in [-0.39, 0.29) is 88.3 Å². The summed E-state index contributed by atoms with van der Waals surface area (Å²) in [6.07, 6.45) is -2.21. The van der Waals surface area contributed by atoms with E-state index in [0.717, 1.165) is 48.2 Å². The summed E-state index contributed by atoms with van der Waals surface area (Å²) >= 11 is 1.10. The number of imidazole rings is 1. The van der Waals surface area contributed by atoms with Crippen LogP contribution in [-0.4, -0.2) is 151 Å². The highest BCUT2D eigenvalue weighted by Crippen LogP contribution is 2.68. The molecule has 428 valence electrons. The standard InChI is InChI=1S/C45H72N7O20P3S/c1-23(26-7-8-27-34-28(18-31(55)45(26,27)5)44(4)12-10-25(53)16-24(44)17-29(34)54)6-9-33(57)76-15-14-47-32(56)11-13-48-41(60)38(59)43(2,3)20-69-75(66,67)72-74(64,65)68-19-30-37(71-73(61,62)63)36(58)42(70-30)52-22-51-35-39(46)49-21-50-40(35)52/h21-24,26-31,34,36-38,42,54-55,58-59H,6-20H2,1-5H3,(H,47,56)(H,48,60)(H,64,65)(H,66,67)(H2,46,49,50)(H2,61,62,63)/t23-,24+,26-,27+,28+,29-,30-,31+,34+,36-,37-,38+,42-,44+,45-/m1/s1. The normalized spacial score (nSPS) is 34.1. The summed E-state index contributed by atoms with van der Waals surface area (Å²) in [7, 11) is -16.5. The second-order valence-corrected chi connectivity index (χ2v) is 27.5. The number of aliphatic hydroxyl groups excluding tert-OH is 4. The van der Waals surface area contributed by atoms with Gasteiger partial charge in [-0.15, -0.1) is 0 Å². The van der Waals surface area contributed by atoms with Crippen LogP contribution < -0.4 is 16.4 Å². The molecule has 0 spiro atoms. The highest BCUT2D eigenvalue weighted by Gasteiger charge is 2.66. The van der Waals surface area contributed by atoms with Crippen LogP contribution in [0.3, 0.4) is 0 Å². The van der Waals surface area contributed by atoms with E-state index in [1.54, 1.807) is 0 Å². The van der Waals surface area contributed by atoms with Crippen LogP contribution in [-0.2, 0) is 55.5 Å². The van der Waals surface area contributed by atoms with Gasteiger partial charge in [0.15, 0.2) is 22.8 Å². The number of phosphoric ester groups is 3. The second kappa shape index (κ2) is 23.7. The average molecular weight is 1160 g/mol. The largest absolute Gasteiger partial charge is 0.481 e. The first-order valence-corrected chi connectivity index (χ1v) is 30.8. The molecule has 7 rings (SSSR count). The monoisotopic (exact) mass is 1160 g/mol. The van der Waals surface area contributed by atoms with Crippen LogP contribution in [0.4, 0.5) is 5.82 Å². The molecule has 4 saturated carbocycles. The molecule has 1 saturated heterocycles. The van der Waals surface area contributed by atoms with Crippen LogP contribution in [0, 0.1) is 51.8 Å². The summed E-state index contributed by atoms with van der Waals surface area (Å²) in [5.41, 5.74) is 3.78. The highest BCUT2D eigenvalue weighted by molar-refractivity contribution is 8.13. The number of nitrogen functional groups attached to an aromatic ring is 1. The highest BCUT2D eigenvalue weighted by atomic mass is 32.2. The van der Waals surface area contributed by atoms with Crippen molar-refractivity contribution in [3.05, 3.63) is 12.7 Å². The lowest BCUT2D eigenvalue weighted by Crippen LogP contribution is -2.62. The molecule has 1 aliphatic heterocycles. The van der Waals surface area contributed by atoms with Gasteiger partial charge in [0.25, 0.3) is 0 Å². The number of carbonyl (C=O) groups excluding carboxylic acids is 4. The quantitative estimate of drug-likeness (QED) is 0.0561. The van der Waals surface area contributed by atoms with Crippen LogP contribution in [0.15, 0.2) is 12.7 Å². The van der Waals surface area contributed by atoms with Crippen molar-refractivity contribution >= 4 is 74.9 Å². The predicted octanol–water partition coefficient (Wildman–Crippen LogP) is 2.25. The molecular formula is C45H72N7O20P3S. The van der Waals surface area contributed by atoms with Gasteiger partial charge in [0, 0.05) is 49.9 Å². The number of ether oxygens (including phenoxy) is 1. The number of anilines is 1. The number of aliphatic hydroxyl groups is 4. The number of nitrogens with two attached hydrogens (primary N) is 1. The fourth-order valence-corrected chi connectivity index (χ4v) is 16.4. The van der Waals surface area contributed by atoms with E-state index in [9.17, 15) is 72.9 Å². The van der Waals surface area contributed by atoms with Gasteiger partial charge < -0.3 is 61.1 Å². The Morgan fingerprint density at radius 3 is 2.41 bits per heavy atom. The van der Waals surface area contributed by atoms with Gasteiger partial charge in [-0.25, -0.2) is 28.6 Å². The van der Waals surface area contributed by atoms with E-state index in [0.29, 0.717) is 44.3 Å². The minimum Gasteiger partial charge on any atom is -0.393 e. The summed E-state index contributed by atoms with van der Waals surface area (Å²) in [4.78, 5) is 102. The van der Waals surface area contributed by atoms with Crippen LogP contribution in [0.2, 0.25) is 0 Å². The molecule has 5 fully saturated rings. The van der Waals surface area contributed by atoms with Crippen molar-refractivity contribution in [3.8, 4) is 0 Å². The third kappa shape index (κ3) is 13.5. The number of thioether (sulfide) groups is 1. The van der Waals surface area contributed by atoms with Crippen LogP contribution in [0.5, 0.6) is 0 Å². The van der Waals surface area contributed by atoms with Crippen molar-refractivity contribution in [1.82, 2.24) is 30.2 Å². The number of aromatic nitrogens is 4. The Hall–Kier alpha value is -2.85. The maximum atomic E-state index is 13.0. The Balaban J connectivity index is 0.785. The fourth-order valence-electron chi connectivity index (χ4n) is 12.9. The lowest BCUT2D eigenvalue weighted by Gasteiger charge is -2.63. The Morgan fingerprint density at radius 1 is 0.987 bits per heavy atom. The molecular weight excluding hydrogens is 1080 g/mol. The summed E-state index contributed by atoms with van der Waals surface area (Å²) in [6, 6.07) is 0. The van der Waals surface area contributed by atoms with Crippen LogP contribution >= 0.6 is 35.2 Å². The van der Waals surface area contributed by atoms with E-state index >= 15 is 0 Å².